The number of rotatable bonds is 7. The smallest absolute Gasteiger partial charge is 0.372 e. The van der Waals surface area contributed by atoms with Crippen LogP contribution in [0.1, 0.15) is 26.7 Å². The third kappa shape index (κ3) is 6.33. The van der Waals surface area contributed by atoms with Crippen molar-refractivity contribution in [2.75, 3.05) is 19.8 Å². The summed E-state index contributed by atoms with van der Waals surface area (Å²) in [6.07, 6.45) is -1.84. The van der Waals surface area contributed by atoms with Gasteiger partial charge >= 0.3 is 6.18 Å². The van der Waals surface area contributed by atoms with Crippen molar-refractivity contribution in [2.24, 2.45) is 11.8 Å². The van der Waals surface area contributed by atoms with Crippen LogP contribution in [0.25, 0.3) is 0 Å². The fourth-order valence-electron chi connectivity index (χ4n) is 1.42. The molecule has 1 fully saturated rings. The van der Waals surface area contributed by atoms with Gasteiger partial charge in [-0.3, -0.25) is 0 Å². The van der Waals surface area contributed by atoms with Crippen molar-refractivity contribution in [3.8, 4) is 0 Å². The van der Waals surface area contributed by atoms with E-state index in [0.29, 0.717) is 12.0 Å². The molecular weight excluding hydrogens is 219 g/mol. The lowest BCUT2D eigenvalue weighted by Crippen LogP contribution is -2.32. The van der Waals surface area contributed by atoms with Gasteiger partial charge in [-0.15, -0.1) is 0 Å². The summed E-state index contributed by atoms with van der Waals surface area (Å²) in [5.41, 5.74) is 0. The molecule has 2 nitrogen and oxygen atoms in total. The largest absolute Gasteiger partial charge is 0.411 e. The molecule has 1 rings (SSSR count). The van der Waals surface area contributed by atoms with E-state index in [2.05, 4.69) is 5.32 Å². The van der Waals surface area contributed by atoms with E-state index in [1.807, 2.05) is 13.8 Å². The second-order valence-corrected chi connectivity index (χ2v) is 4.82. The molecule has 1 saturated carbocycles. The van der Waals surface area contributed by atoms with Crippen LogP contribution in [0.5, 0.6) is 0 Å². The zero-order chi connectivity index (χ0) is 12.2. The summed E-state index contributed by atoms with van der Waals surface area (Å²) < 4.78 is 40.4. The molecule has 0 radical (unpaired) electrons. The fourth-order valence-corrected chi connectivity index (χ4v) is 1.42. The summed E-state index contributed by atoms with van der Waals surface area (Å²) in [5.74, 6) is 0.488. The second kappa shape index (κ2) is 5.87. The van der Waals surface area contributed by atoms with Gasteiger partial charge in [-0.05, 0) is 24.7 Å². The van der Waals surface area contributed by atoms with Crippen LogP contribution in [-0.4, -0.2) is 32.0 Å². The standard InChI is InChI=1S/C11H20F3NO/c1-8(2)9(5-15-10-3-4-10)6-16-7-11(12,13)14/h8-10,15H,3-7H2,1-2H3. The van der Waals surface area contributed by atoms with Gasteiger partial charge in [-0.1, -0.05) is 13.8 Å². The first kappa shape index (κ1) is 13.8. The van der Waals surface area contributed by atoms with E-state index in [4.69, 9.17) is 4.74 Å². The Kier molecular flexibility index (Phi) is 5.05. The molecule has 0 aromatic carbocycles. The molecule has 0 heterocycles. The summed E-state index contributed by atoms with van der Waals surface area (Å²) in [7, 11) is 0. The maximum absolute atomic E-state index is 11.9. The van der Waals surface area contributed by atoms with E-state index in [-0.39, 0.29) is 12.5 Å². The van der Waals surface area contributed by atoms with Gasteiger partial charge in [0.15, 0.2) is 0 Å². The Labute approximate surface area is 94.5 Å². The van der Waals surface area contributed by atoms with Crippen molar-refractivity contribution in [3.63, 3.8) is 0 Å². The van der Waals surface area contributed by atoms with Crippen LogP contribution < -0.4 is 5.32 Å². The Bertz CT molecular complexity index is 202. The molecule has 1 N–H and O–H groups in total. The molecule has 1 aliphatic rings. The lowest BCUT2D eigenvalue weighted by Gasteiger charge is -2.21. The predicted molar refractivity (Wildman–Crippen MR) is 56.2 cm³/mol. The third-order valence-corrected chi connectivity index (χ3v) is 2.79. The highest BCUT2D eigenvalue weighted by atomic mass is 19.4. The van der Waals surface area contributed by atoms with E-state index in [9.17, 15) is 13.2 Å². The van der Waals surface area contributed by atoms with Crippen LogP contribution in [0, 0.1) is 11.8 Å². The molecule has 5 heteroatoms. The maximum Gasteiger partial charge on any atom is 0.411 e. The Morgan fingerprint density at radius 2 is 1.94 bits per heavy atom. The molecule has 0 spiro atoms. The van der Waals surface area contributed by atoms with Gasteiger partial charge in [0.1, 0.15) is 6.61 Å². The minimum Gasteiger partial charge on any atom is -0.372 e. The summed E-state index contributed by atoms with van der Waals surface area (Å²) in [6.45, 7) is 3.81. The van der Waals surface area contributed by atoms with E-state index < -0.39 is 12.8 Å². The fraction of sp³-hybridized carbons (Fsp3) is 1.00. The van der Waals surface area contributed by atoms with Gasteiger partial charge in [-0.2, -0.15) is 13.2 Å². The predicted octanol–water partition coefficient (Wildman–Crippen LogP) is 2.59. The monoisotopic (exact) mass is 239 g/mol. The van der Waals surface area contributed by atoms with Crippen LogP contribution in [0.4, 0.5) is 13.2 Å². The van der Waals surface area contributed by atoms with Crippen molar-refractivity contribution in [1.29, 1.82) is 0 Å². The van der Waals surface area contributed by atoms with E-state index in [1.165, 1.54) is 12.8 Å². The Hall–Kier alpha value is -0.290. The van der Waals surface area contributed by atoms with Gasteiger partial charge in [0.25, 0.3) is 0 Å². The van der Waals surface area contributed by atoms with E-state index in [0.717, 1.165) is 6.54 Å². The maximum atomic E-state index is 11.9. The van der Waals surface area contributed by atoms with Crippen LogP contribution in [0.2, 0.25) is 0 Å². The second-order valence-electron chi connectivity index (χ2n) is 4.82. The summed E-state index contributed by atoms with van der Waals surface area (Å²) in [6, 6.07) is 0.587. The van der Waals surface area contributed by atoms with Crippen LogP contribution >= 0.6 is 0 Å². The minimum absolute atomic E-state index is 0.156. The molecular formula is C11H20F3NO. The lowest BCUT2D eigenvalue weighted by atomic mass is 9.97. The molecule has 16 heavy (non-hydrogen) atoms. The Morgan fingerprint density at radius 1 is 1.31 bits per heavy atom. The highest BCUT2D eigenvalue weighted by molar-refractivity contribution is 4.82. The number of hydrogen-bond donors (Lipinski definition) is 1. The van der Waals surface area contributed by atoms with Gasteiger partial charge in [0.05, 0.1) is 6.61 Å². The zero-order valence-electron chi connectivity index (χ0n) is 9.81. The van der Waals surface area contributed by atoms with Gasteiger partial charge < -0.3 is 10.1 Å². The number of ether oxygens (including phenoxy) is 1. The molecule has 0 saturated heterocycles. The van der Waals surface area contributed by atoms with Crippen LogP contribution in [0.15, 0.2) is 0 Å². The molecule has 1 aliphatic carbocycles. The number of halogens is 3. The highest BCUT2D eigenvalue weighted by Crippen LogP contribution is 2.21. The van der Waals surface area contributed by atoms with Crippen molar-refractivity contribution in [1.82, 2.24) is 5.32 Å². The average molecular weight is 239 g/mol. The first-order valence-electron chi connectivity index (χ1n) is 5.76. The van der Waals surface area contributed by atoms with Crippen molar-refractivity contribution >= 4 is 0 Å². The normalized spacial score (nSPS) is 19.1. The van der Waals surface area contributed by atoms with Crippen molar-refractivity contribution < 1.29 is 17.9 Å². The molecule has 0 amide bonds. The number of hydrogen-bond acceptors (Lipinski definition) is 2. The summed E-state index contributed by atoms with van der Waals surface area (Å²) >= 11 is 0. The van der Waals surface area contributed by atoms with Gasteiger partial charge in [0, 0.05) is 12.6 Å². The molecule has 1 unspecified atom stereocenters. The zero-order valence-corrected chi connectivity index (χ0v) is 9.81. The van der Waals surface area contributed by atoms with Crippen LogP contribution in [0.3, 0.4) is 0 Å². The topological polar surface area (TPSA) is 21.3 Å². The molecule has 96 valence electrons. The third-order valence-electron chi connectivity index (χ3n) is 2.79. The molecule has 0 aromatic rings. The van der Waals surface area contributed by atoms with E-state index >= 15 is 0 Å². The first-order valence-corrected chi connectivity index (χ1v) is 5.76. The molecule has 1 atom stereocenters. The van der Waals surface area contributed by atoms with E-state index in [1.54, 1.807) is 0 Å². The summed E-state index contributed by atoms with van der Waals surface area (Å²) in [4.78, 5) is 0. The van der Waals surface area contributed by atoms with Gasteiger partial charge in [-0.25, -0.2) is 0 Å². The van der Waals surface area contributed by atoms with Gasteiger partial charge in [0.2, 0.25) is 0 Å². The van der Waals surface area contributed by atoms with Crippen molar-refractivity contribution in [2.45, 2.75) is 38.9 Å². The highest BCUT2D eigenvalue weighted by Gasteiger charge is 2.28. The molecule has 0 aliphatic heterocycles. The minimum atomic E-state index is -4.22. The molecule has 0 bridgehead atoms. The average Bonchev–Trinajstić information content (AvgIpc) is 2.91. The first-order chi connectivity index (χ1) is 7.38. The molecule has 0 aromatic heterocycles. The van der Waals surface area contributed by atoms with Crippen LogP contribution in [-0.2, 0) is 4.74 Å². The lowest BCUT2D eigenvalue weighted by molar-refractivity contribution is -0.177. The quantitative estimate of drug-likeness (QED) is 0.737. The summed E-state index contributed by atoms with van der Waals surface area (Å²) in [5, 5.41) is 3.32. The van der Waals surface area contributed by atoms with Crippen molar-refractivity contribution in [3.05, 3.63) is 0 Å². The number of alkyl halides is 3. The Balaban J connectivity index is 2.16. The Morgan fingerprint density at radius 3 is 2.38 bits per heavy atom. The number of nitrogens with one attached hydrogen (secondary N) is 1. The SMILES string of the molecule is CC(C)C(CNC1CC1)COCC(F)(F)F.